The largest absolute Gasteiger partial charge is 0.393 e. The molecule has 2 fully saturated rings. The maximum absolute atomic E-state index is 13.5. The molecule has 0 aliphatic carbocycles. The van der Waals surface area contributed by atoms with Gasteiger partial charge < -0.3 is 20.2 Å². The first-order valence-electron chi connectivity index (χ1n) is 10.00. The third-order valence-electron chi connectivity index (χ3n) is 5.62. The standard InChI is InChI=1S/C22H23F2N3O3/c23-15-10-16(24)12-17(11-15)27-13-14(9-21(27)29)22(30)25-19-3-1-2-4-20(19)26-7-5-18(28)6-8-26/h1-4,10-12,14,18,28H,5-9,13H2,(H,25,30). The zero-order valence-corrected chi connectivity index (χ0v) is 16.4. The van der Waals surface area contributed by atoms with Gasteiger partial charge in [0.2, 0.25) is 11.8 Å². The van der Waals surface area contributed by atoms with E-state index in [4.69, 9.17) is 0 Å². The number of aliphatic hydroxyl groups excluding tert-OH is 1. The zero-order valence-electron chi connectivity index (χ0n) is 16.4. The lowest BCUT2D eigenvalue weighted by Crippen LogP contribution is -2.36. The monoisotopic (exact) mass is 415 g/mol. The Morgan fingerprint density at radius 2 is 1.73 bits per heavy atom. The van der Waals surface area contributed by atoms with Gasteiger partial charge in [0.05, 0.1) is 23.4 Å². The van der Waals surface area contributed by atoms with Crippen molar-refractivity contribution in [2.75, 3.05) is 34.8 Å². The van der Waals surface area contributed by atoms with E-state index in [1.807, 2.05) is 18.2 Å². The average Bonchev–Trinajstić information content (AvgIpc) is 3.10. The molecule has 158 valence electrons. The molecule has 6 nitrogen and oxygen atoms in total. The van der Waals surface area contributed by atoms with Crippen molar-refractivity contribution in [2.45, 2.75) is 25.4 Å². The molecule has 2 heterocycles. The van der Waals surface area contributed by atoms with Gasteiger partial charge >= 0.3 is 0 Å². The van der Waals surface area contributed by atoms with Gasteiger partial charge in [-0.3, -0.25) is 9.59 Å². The molecule has 0 bridgehead atoms. The van der Waals surface area contributed by atoms with Gasteiger partial charge in [-0.15, -0.1) is 0 Å². The minimum Gasteiger partial charge on any atom is -0.393 e. The van der Waals surface area contributed by atoms with E-state index in [2.05, 4.69) is 10.2 Å². The maximum atomic E-state index is 13.5. The number of nitrogens with zero attached hydrogens (tertiary/aromatic N) is 2. The normalized spacial score (nSPS) is 20.0. The second-order valence-corrected chi connectivity index (χ2v) is 7.76. The van der Waals surface area contributed by atoms with E-state index in [1.165, 1.54) is 4.90 Å². The van der Waals surface area contributed by atoms with Crippen molar-refractivity contribution in [3.63, 3.8) is 0 Å². The molecule has 1 unspecified atom stereocenters. The van der Waals surface area contributed by atoms with E-state index >= 15 is 0 Å². The van der Waals surface area contributed by atoms with Gasteiger partial charge in [0.25, 0.3) is 0 Å². The molecular weight excluding hydrogens is 392 g/mol. The summed E-state index contributed by atoms with van der Waals surface area (Å²) in [4.78, 5) is 28.6. The number of hydrogen-bond acceptors (Lipinski definition) is 4. The predicted molar refractivity (Wildman–Crippen MR) is 109 cm³/mol. The maximum Gasteiger partial charge on any atom is 0.229 e. The van der Waals surface area contributed by atoms with Crippen molar-refractivity contribution in [1.29, 1.82) is 0 Å². The van der Waals surface area contributed by atoms with Gasteiger partial charge in [0, 0.05) is 37.8 Å². The topological polar surface area (TPSA) is 72.9 Å². The molecule has 2 aliphatic rings. The van der Waals surface area contributed by atoms with Gasteiger partial charge in [0.1, 0.15) is 11.6 Å². The summed E-state index contributed by atoms with van der Waals surface area (Å²) in [6.45, 7) is 1.44. The van der Waals surface area contributed by atoms with Crippen LogP contribution in [0.25, 0.3) is 0 Å². The van der Waals surface area contributed by atoms with E-state index in [1.54, 1.807) is 6.07 Å². The molecule has 0 radical (unpaired) electrons. The van der Waals surface area contributed by atoms with Crippen molar-refractivity contribution < 1.29 is 23.5 Å². The molecular formula is C22H23F2N3O3. The summed E-state index contributed by atoms with van der Waals surface area (Å²) < 4.78 is 27.0. The Kier molecular flexibility index (Phi) is 5.67. The molecule has 1 atom stereocenters. The third kappa shape index (κ3) is 4.28. The number of piperidine rings is 1. The van der Waals surface area contributed by atoms with Crippen LogP contribution in [0.4, 0.5) is 25.8 Å². The van der Waals surface area contributed by atoms with E-state index in [-0.39, 0.29) is 36.6 Å². The Morgan fingerprint density at radius 3 is 2.43 bits per heavy atom. The van der Waals surface area contributed by atoms with Crippen molar-refractivity contribution in [2.24, 2.45) is 5.92 Å². The second kappa shape index (κ2) is 8.39. The molecule has 2 saturated heterocycles. The molecule has 0 saturated carbocycles. The Hall–Kier alpha value is -3.00. The van der Waals surface area contributed by atoms with Crippen LogP contribution in [0.3, 0.4) is 0 Å². The zero-order chi connectivity index (χ0) is 21.3. The number of carbonyl (C=O) groups excluding carboxylic acids is 2. The minimum atomic E-state index is -0.772. The molecule has 2 aromatic carbocycles. The second-order valence-electron chi connectivity index (χ2n) is 7.76. The summed E-state index contributed by atoms with van der Waals surface area (Å²) in [6.07, 6.45) is 1.00. The number of carbonyl (C=O) groups is 2. The quantitative estimate of drug-likeness (QED) is 0.806. The van der Waals surface area contributed by atoms with E-state index in [0.717, 1.165) is 23.9 Å². The Labute approximate surface area is 173 Å². The first-order valence-corrected chi connectivity index (χ1v) is 10.00. The summed E-state index contributed by atoms with van der Waals surface area (Å²) in [7, 11) is 0. The number of anilines is 3. The van der Waals surface area contributed by atoms with Gasteiger partial charge in [-0.05, 0) is 37.1 Å². The number of para-hydroxylation sites is 2. The molecule has 0 spiro atoms. The first kappa shape index (κ1) is 20.3. The lowest BCUT2D eigenvalue weighted by molar-refractivity contribution is -0.122. The van der Waals surface area contributed by atoms with Crippen LogP contribution in [0.5, 0.6) is 0 Å². The van der Waals surface area contributed by atoms with Crippen molar-refractivity contribution >= 4 is 28.9 Å². The summed E-state index contributed by atoms with van der Waals surface area (Å²) in [5.74, 6) is -2.83. The van der Waals surface area contributed by atoms with E-state index < -0.39 is 17.6 Å². The molecule has 30 heavy (non-hydrogen) atoms. The molecule has 2 aliphatic heterocycles. The highest BCUT2D eigenvalue weighted by Crippen LogP contribution is 2.31. The van der Waals surface area contributed by atoms with Crippen LogP contribution in [0.15, 0.2) is 42.5 Å². The number of hydrogen-bond donors (Lipinski definition) is 2. The van der Waals surface area contributed by atoms with Crippen LogP contribution in [-0.2, 0) is 9.59 Å². The summed E-state index contributed by atoms with van der Waals surface area (Å²) in [6, 6.07) is 10.3. The van der Waals surface area contributed by atoms with Crippen molar-refractivity contribution in [3.05, 3.63) is 54.1 Å². The summed E-state index contributed by atoms with van der Waals surface area (Å²) >= 11 is 0. The van der Waals surface area contributed by atoms with Crippen molar-refractivity contribution in [1.82, 2.24) is 0 Å². The number of benzene rings is 2. The van der Waals surface area contributed by atoms with Crippen LogP contribution >= 0.6 is 0 Å². The average molecular weight is 415 g/mol. The van der Waals surface area contributed by atoms with E-state index in [0.29, 0.717) is 31.6 Å². The Bertz CT molecular complexity index is 940. The van der Waals surface area contributed by atoms with Gasteiger partial charge in [0.15, 0.2) is 0 Å². The number of amides is 2. The SMILES string of the molecule is O=C(Nc1ccccc1N1CCC(O)CC1)C1CC(=O)N(c2cc(F)cc(F)c2)C1. The van der Waals surface area contributed by atoms with Crippen LogP contribution in [-0.4, -0.2) is 42.7 Å². The highest BCUT2D eigenvalue weighted by molar-refractivity contribution is 6.04. The van der Waals surface area contributed by atoms with Gasteiger partial charge in [-0.1, -0.05) is 12.1 Å². The van der Waals surface area contributed by atoms with Gasteiger partial charge in [-0.25, -0.2) is 8.78 Å². The highest BCUT2D eigenvalue weighted by atomic mass is 19.1. The molecule has 2 amide bonds. The molecule has 2 N–H and O–H groups in total. The smallest absolute Gasteiger partial charge is 0.229 e. The number of rotatable bonds is 4. The third-order valence-corrected chi connectivity index (χ3v) is 5.62. The summed E-state index contributed by atoms with van der Waals surface area (Å²) in [5, 5.41) is 12.6. The minimum absolute atomic E-state index is 0.0258. The Morgan fingerprint density at radius 1 is 1.07 bits per heavy atom. The number of aliphatic hydroxyl groups is 1. The lowest BCUT2D eigenvalue weighted by atomic mass is 10.1. The molecule has 0 aromatic heterocycles. The molecule has 4 rings (SSSR count). The lowest BCUT2D eigenvalue weighted by Gasteiger charge is -2.33. The fraction of sp³-hybridized carbons (Fsp3) is 0.364. The van der Waals surface area contributed by atoms with Crippen LogP contribution in [0, 0.1) is 17.6 Å². The summed E-state index contributed by atoms with van der Waals surface area (Å²) in [5.41, 5.74) is 1.62. The fourth-order valence-electron chi connectivity index (χ4n) is 4.02. The highest BCUT2D eigenvalue weighted by Gasteiger charge is 2.36. The Balaban J connectivity index is 1.47. The molecule has 2 aromatic rings. The van der Waals surface area contributed by atoms with Crippen LogP contribution in [0.1, 0.15) is 19.3 Å². The predicted octanol–water partition coefficient (Wildman–Crippen LogP) is 2.92. The van der Waals surface area contributed by atoms with Crippen LogP contribution < -0.4 is 15.1 Å². The van der Waals surface area contributed by atoms with Crippen molar-refractivity contribution in [3.8, 4) is 0 Å². The van der Waals surface area contributed by atoms with Crippen LogP contribution in [0.2, 0.25) is 0 Å². The van der Waals surface area contributed by atoms with Gasteiger partial charge in [-0.2, -0.15) is 0 Å². The van der Waals surface area contributed by atoms with E-state index in [9.17, 15) is 23.5 Å². The fourth-order valence-corrected chi connectivity index (χ4v) is 4.02. The first-order chi connectivity index (χ1) is 14.4. The molecule has 8 heteroatoms. The number of halogens is 2. The number of nitrogens with one attached hydrogen (secondary N) is 1.